The number of benzene rings is 1. The Bertz CT molecular complexity index is 593. The monoisotopic (exact) mass is 276 g/mol. The van der Waals surface area contributed by atoms with Gasteiger partial charge in [0.25, 0.3) is 0 Å². The summed E-state index contributed by atoms with van der Waals surface area (Å²) >= 11 is 1.53. The average Bonchev–Trinajstić information content (AvgIpc) is 2.77. The average molecular weight is 276 g/mol. The van der Waals surface area contributed by atoms with E-state index in [1.165, 1.54) is 28.3 Å². The van der Waals surface area contributed by atoms with Crippen LogP contribution in [0.5, 0.6) is 0 Å². The van der Waals surface area contributed by atoms with Crippen molar-refractivity contribution in [3.8, 4) is 0 Å². The number of Topliss-reactive ketones (excluding diaryl/α,β-unsaturated/α-hetero) is 1. The van der Waals surface area contributed by atoms with Gasteiger partial charge in [-0.2, -0.15) is 0 Å². The lowest BCUT2D eigenvalue weighted by molar-refractivity contribution is 0.0997. The van der Waals surface area contributed by atoms with E-state index in [9.17, 15) is 9.18 Å². The number of halogens is 1. The quantitative estimate of drug-likeness (QED) is 0.748. The number of hydrogen-bond acceptors (Lipinski definition) is 2. The molecule has 0 aliphatic carbocycles. The van der Waals surface area contributed by atoms with Crippen molar-refractivity contribution in [1.29, 1.82) is 0 Å². The van der Waals surface area contributed by atoms with Gasteiger partial charge in [-0.15, -0.1) is 11.3 Å². The van der Waals surface area contributed by atoms with Crippen LogP contribution in [0, 0.1) is 5.82 Å². The summed E-state index contributed by atoms with van der Waals surface area (Å²) in [5.41, 5.74) is 0.776. The summed E-state index contributed by atoms with van der Waals surface area (Å²) in [5.74, 6) is -0.252. The maximum absolute atomic E-state index is 13.1. The number of thiophene rings is 1. The predicted octanol–water partition coefficient (Wildman–Crippen LogP) is 4.61. The van der Waals surface area contributed by atoms with Crippen LogP contribution >= 0.6 is 11.3 Å². The molecule has 0 amide bonds. The van der Waals surface area contributed by atoms with Crippen LogP contribution < -0.4 is 0 Å². The standard InChI is InChI=1S/C16H17FOS/c1-16(2,3)15-8-7-14(19-15)13(18)10-11-5-4-6-12(17)9-11/h4-9H,10H2,1-3H3. The summed E-state index contributed by atoms with van der Waals surface area (Å²) < 4.78 is 13.1. The highest BCUT2D eigenvalue weighted by Crippen LogP contribution is 2.30. The van der Waals surface area contributed by atoms with E-state index in [2.05, 4.69) is 20.8 Å². The zero-order chi connectivity index (χ0) is 14.0. The van der Waals surface area contributed by atoms with Gasteiger partial charge in [-0.05, 0) is 35.2 Å². The van der Waals surface area contributed by atoms with E-state index in [1.54, 1.807) is 12.1 Å². The highest BCUT2D eigenvalue weighted by molar-refractivity contribution is 7.14. The third kappa shape index (κ3) is 3.51. The fourth-order valence-corrected chi connectivity index (χ4v) is 2.81. The van der Waals surface area contributed by atoms with Crippen molar-refractivity contribution < 1.29 is 9.18 Å². The molecular formula is C16H17FOS. The zero-order valence-electron chi connectivity index (χ0n) is 11.4. The molecule has 0 saturated heterocycles. The molecule has 1 aromatic heterocycles. The Balaban J connectivity index is 2.14. The van der Waals surface area contributed by atoms with Gasteiger partial charge in [0.05, 0.1) is 4.88 Å². The number of hydrogen-bond donors (Lipinski definition) is 0. The van der Waals surface area contributed by atoms with E-state index in [0.717, 1.165) is 10.4 Å². The summed E-state index contributed by atoms with van der Waals surface area (Å²) in [6.07, 6.45) is 0.252. The summed E-state index contributed by atoms with van der Waals surface area (Å²) in [4.78, 5) is 14.1. The van der Waals surface area contributed by atoms with Crippen LogP contribution in [0.1, 0.15) is 40.9 Å². The molecule has 0 N–H and O–H groups in total. The van der Waals surface area contributed by atoms with Crippen molar-refractivity contribution in [3.05, 3.63) is 57.5 Å². The van der Waals surface area contributed by atoms with E-state index in [4.69, 9.17) is 0 Å². The van der Waals surface area contributed by atoms with Gasteiger partial charge in [0.1, 0.15) is 5.82 Å². The van der Waals surface area contributed by atoms with Gasteiger partial charge in [-0.25, -0.2) is 4.39 Å². The molecule has 2 rings (SSSR count). The second-order valence-corrected chi connectivity index (χ2v) is 6.73. The Morgan fingerprint density at radius 1 is 1.21 bits per heavy atom. The van der Waals surface area contributed by atoms with Crippen molar-refractivity contribution in [2.45, 2.75) is 32.6 Å². The smallest absolute Gasteiger partial charge is 0.177 e. The maximum Gasteiger partial charge on any atom is 0.177 e. The lowest BCUT2D eigenvalue weighted by Crippen LogP contribution is -2.08. The molecule has 0 spiro atoms. The molecule has 1 aromatic carbocycles. The number of carbonyl (C=O) groups excluding carboxylic acids is 1. The molecule has 1 nitrogen and oxygen atoms in total. The van der Waals surface area contributed by atoms with Crippen LogP contribution in [0.3, 0.4) is 0 Å². The Hall–Kier alpha value is -1.48. The number of ketones is 1. The van der Waals surface area contributed by atoms with E-state index in [-0.39, 0.29) is 23.4 Å². The third-order valence-electron chi connectivity index (χ3n) is 2.87. The highest BCUT2D eigenvalue weighted by Gasteiger charge is 2.18. The number of rotatable bonds is 3. The Morgan fingerprint density at radius 3 is 2.53 bits per heavy atom. The van der Waals surface area contributed by atoms with Gasteiger partial charge >= 0.3 is 0 Å². The van der Waals surface area contributed by atoms with Crippen molar-refractivity contribution in [1.82, 2.24) is 0 Å². The molecule has 0 atom stereocenters. The van der Waals surface area contributed by atoms with Crippen LogP contribution in [0.2, 0.25) is 0 Å². The lowest BCUT2D eigenvalue weighted by Gasteiger charge is -2.15. The highest BCUT2D eigenvalue weighted by atomic mass is 32.1. The summed E-state index contributed by atoms with van der Waals surface area (Å²) in [7, 11) is 0. The lowest BCUT2D eigenvalue weighted by atomic mass is 9.95. The molecule has 2 aromatic rings. The van der Waals surface area contributed by atoms with Crippen LogP contribution in [-0.4, -0.2) is 5.78 Å². The molecule has 0 aliphatic rings. The molecule has 0 fully saturated rings. The molecule has 0 unspecified atom stereocenters. The van der Waals surface area contributed by atoms with Crippen molar-refractivity contribution in [2.24, 2.45) is 0 Å². The largest absolute Gasteiger partial charge is 0.293 e. The van der Waals surface area contributed by atoms with Crippen LogP contribution in [-0.2, 0) is 11.8 Å². The molecule has 0 bridgehead atoms. The van der Waals surface area contributed by atoms with Crippen LogP contribution in [0.4, 0.5) is 4.39 Å². The Kier molecular flexibility index (Phi) is 3.85. The molecule has 3 heteroatoms. The van der Waals surface area contributed by atoms with E-state index in [0.29, 0.717) is 0 Å². The van der Waals surface area contributed by atoms with Crippen LogP contribution in [0.15, 0.2) is 36.4 Å². The van der Waals surface area contributed by atoms with Gasteiger partial charge in [-0.3, -0.25) is 4.79 Å². The molecule has 0 radical (unpaired) electrons. The predicted molar refractivity (Wildman–Crippen MR) is 77.5 cm³/mol. The first-order valence-electron chi connectivity index (χ1n) is 6.24. The summed E-state index contributed by atoms with van der Waals surface area (Å²) in [6.45, 7) is 6.37. The van der Waals surface area contributed by atoms with E-state index < -0.39 is 0 Å². The van der Waals surface area contributed by atoms with Crippen molar-refractivity contribution in [2.75, 3.05) is 0 Å². The fourth-order valence-electron chi connectivity index (χ4n) is 1.81. The number of carbonyl (C=O) groups is 1. The minimum absolute atomic E-state index is 0.0473. The second-order valence-electron chi connectivity index (χ2n) is 5.64. The zero-order valence-corrected chi connectivity index (χ0v) is 12.2. The van der Waals surface area contributed by atoms with Crippen molar-refractivity contribution in [3.63, 3.8) is 0 Å². The van der Waals surface area contributed by atoms with Crippen molar-refractivity contribution >= 4 is 17.1 Å². The van der Waals surface area contributed by atoms with Gasteiger partial charge in [0.2, 0.25) is 0 Å². The minimum Gasteiger partial charge on any atom is -0.293 e. The van der Waals surface area contributed by atoms with Gasteiger partial charge in [0, 0.05) is 11.3 Å². The molecule has 100 valence electrons. The maximum atomic E-state index is 13.1. The Morgan fingerprint density at radius 2 is 1.95 bits per heavy atom. The van der Waals surface area contributed by atoms with Gasteiger partial charge in [0.15, 0.2) is 5.78 Å². The van der Waals surface area contributed by atoms with E-state index >= 15 is 0 Å². The van der Waals surface area contributed by atoms with Crippen LogP contribution in [0.25, 0.3) is 0 Å². The molecule has 19 heavy (non-hydrogen) atoms. The van der Waals surface area contributed by atoms with Gasteiger partial charge in [-0.1, -0.05) is 32.9 Å². The fraction of sp³-hybridized carbons (Fsp3) is 0.312. The topological polar surface area (TPSA) is 17.1 Å². The SMILES string of the molecule is CC(C)(C)c1ccc(C(=O)Cc2cccc(F)c2)s1. The second kappa shape index (κ2) is 5.25. The first-order chi connectivity index (χ1) is 8.86. The summed E-state index contributed by atoms with van der Waals surface area (Å²) in [5, 5.41) is 0. The minimum atomic E-state index is -0.299. The molecular weight excluding hydrogens is 259 g/mol. The third-order valence-corrected chi connectivity index (χ3v) is 4.43. The first kappa shape index (κ1) is 13.9. The van der Waals surface area contributed by atoms with E-state index in [1.807, 2.05) is 12.1 Å². The summed E-state index contributed by atoms with van der Waals surface area (Å²) in [6, 6.07) is 10.1. The molecule has 0 saturated carbocycles. The van der Waals surface area contributed by atoms with Gasteiger partial charge < -0.3 is 0 Å². The molecule has 0 aliphatic heterocycles. The molecule has 1 heterocycles. The Labute approximate surface area is 117 Å². The normalized spacial score (nSPS) is 11.6. The first-order valence-corrected chi connectivity index (χ1v) is 7.06.